The SMILES string of the molecule is CCCCN(C)C(=O)C1CCN(C(=O)c2ccc(NCc3ccccc3Cl)c([N+](=O)[O-])c2)CC1. The number of carbonyl (C=O) groups excluding carboxylic acids is 2. The second-order valence-corrected chi connectivity index (χ2v) is 9.02. The van der Waals surface area contributed by atoms with Crippen LogP contribution in [-0.2, 0) is 11.3 Å². The van der Waals surface area contributed by atoms with Crippen molar-refractivity contribution in [1.82, 2.24) is 9.80 Å². The predicted octanol–water partition coefficient (Wildman–Crippen LogP) is 4.97. The quantitative estimate of drug-likeness (QED) is 0.398. The number of benzene rings is 2. The molecule has 0 saturated carbocycles. The van der Waals surface area contributed by atoms with Gasteiger partial charge in [-0.3, -0.25) is 19.7 Å². The van der Waals surface area contributed by atoms with Gasteiger partial charge in [-0.15, -0.1) is 0 Å². The summed E-state index contributed by atoms with van der Waals surface area (Å²) in [5.74, 6) is -0.215. The van der Waals surface area contributed by atoms with Gasteiger partial charge >= 0.3 is 0 Å². The van der Waals surface area contributed by atoms with Crippen LogP contribution >= 0.6 is 11.6 Å². The fourth-order valence-electron chi connectivity index (χ4n) is 4.13. The number of hydrogen-bond donors (Lipinski definition) is 1. The number of rotatable bonds is 9. The Morgan fingerprint density at radius 2 is 1.91 bits per heavy atom. The van der Waals surface area contributed by atoms with Gasteiger partial charge in [0.05, 0.1) is 4.92 Å². The average molecular weight is 487 g/mol. The van der Waals surface area contributed by atoms with Gasteiger partial charge in [-0.25, -0.2) is 0 Å². The van der Waals surface area contributed by atoms with E-state index in [0.29, 0.717) is 43.2 Å². The number of nitro benzene ring substituents is 1. The molecule has 1 heterocycles. The molecule has 34 heavy (non-hydrogen) atoms. The Balaban J connectivity index is 1.64. The second kappa shape index (κ2) is 11.8. The van der Waals surface area contributed by atoms with Crippen molar-refractivity contribution in [3.63, 3.8) is 0 Å². The first-order valence-corrected chi connectivity index (χ1v) is 12.0. The first-order valence-electron chi connectivity index (χ1n) is 11.6. The predicted molar refractivity (Wildman–Crippen MR) is 133 cm³/mol. The summed E-state index contributed by atoms with van der Waals surface area (Å²) < 4.78 is 0. The average Bonchev–Trinajstić information content (AvgIpc) is 2.85. The highest BCUT2D eigenvalue weighted by Gasteiger charge is 2.30. The van der Waals surface area contributed by atoms with E-state index < -0.39 is 4.92 Å². The Morgan fingerprint density at radius 1 is 1.21 bits per heavy atom. The number of unbranched alkanes of at least 4 members (excludes halogenated alkanes) is 1. The Labute approximate surface area is 205 Å². The van der Waals surface area contributed by atoms with E-state index in [0.717, 1.165) is 24.9 Å². The van der Waals surface area contributed by atoms with Gasteiger partial charge in [0.25, 0.3) is 11.6 Å². The van der Waals surface area contributed by atoms with Crippen molar-refractivity contribution in [2.24, 2.45) is 5.92 Å². The van der Waals surface area contributed by atoms with E-state index in [1.54, 1.807) is 28.0 Å². The molecule has 9 heteroatoms. The van der Waals surface area contributed by atoms with Crippen molar-refractivity contribution >= 4 is 34.8 Å². The number of nitrogens with one attached hydrogen (secondary N) is 1. The van der Waals surface area contributed by atoms with Crippen LogP contribution in [0.5, 0.6) is 0 Å². The maximum atomic E-state index is 13.0. The van der Waals surface area contributed by atoms with Crippen LogP contribution in [0.3, 0.4) is 0 Å². The summed E-state index contributed by atoms with van der Waals surface area (Å²) in [6.45, 7) is 4.07. The summed E-state index contributed by atoms with van der Waals surface area (Å²) in [5.41, 5.74) is 1.23. The van der Waals surface area contributed by atoms with Gasteiger partial charge in [0.1, 0.15) is 5.69 Å². The zero-order valence-electron chi connectivity index (χ0n) is 19.6. The summed E-state index contributed by atoms with van der Waals surface area (Å²) >= 11 is 6.17. The highest BCUT2D eigenvalue weighted by Crippen LogP contribution is 2.29. The largest absolute Gasteiger partial charge is 0.375 e. The number of anilines is 1. The molecular weight excluding hydrogens is 456 g/mol. The molecule has 1 aliphatic heterocycles. The molecule has 1 saturated heterocycles. The van der Waals surface area contributed by atoms with E-state index in [4.69, 9.17) is 11.6 Å². The van der Waals surface area contributed by atoms with Crippen LogP contribution in [0.4, 0.5) is 11.4 Å². The molecule has 2 aromatic rings. The Morgan fingerprint density at radius 3 is 2.56 bits per heavy atom. The molecular formula is C25H31ClN4O4. The normalized spacial score (nSPS) is 14.0. The second-order valence-electron chi connectivity index (χ2n) is 8.61. The highest BCUT2D eigenvalue weighted by atomic mass is 35.5. The molecule has 0 spiro atoms. The van der Waals surface area contributed by atoms with Crippen molar-refractivity contribution in [1.29, 1.82) is 0 Å². The van der Waals surface area contributed by atoms with E-state index >= 15 is 0 Å². The van der Waals surface area contributed by atoms with E-state index in [-0.39, 0.29) is 29.0 Å². The fraction of sp³-hybridized carbons (Fsp3) is 0.440. The lowest BCUT2D eigenvalue weighted by molar-refractivity contribution is -0.384. The van der Waals surface area contributed by atoms with Gasteiger partial charge in [-0.05, 0) is 43.0 Å². The molecule has 2 amide bonds. The number of carbonyl (C=O) groups is 2. The third kappa shape index (κ3) is 6.26. The van der Waals surface area contributed by atoms with Crippen LogP contribution in [0.1, 0.15) is 48.5 Å². The lowest BCUT2D eigenvalue weighted by Gasteiger charge is -2.33. The number of nitrogens with zero attached hydrogens (tertiary/aromatic N) is 3. The van der Waals surface area contributed by atoms with Crippen LogP contribution in [0, 0.1) is 16.0 Å². The highest BCUT2D eigenvalue weighted by molar-refractivity contribution is 6.31. The van der Waals surface area contributed by atoms with Crippen molar-refractivity contribution in [2.45, 2.75) is 39.2 Å². The minimum absolute atomic E-state index is 0.0865. The number of nitro groups is 1. The van der Waals surface area contributed by atoms with Gasteiger partial charge < -0.3 is 15.1 Å². The molecule has 1 fully saturated rings. The molecule has 8 nitrogen and oxygen atoms in total. The van der Waals surface area contributed by atoms with Gasteiger partial charge in [0.15, 0.2) is 0 Å². The van der Waals surface area contributed by atoms with Crippen molar-refractivity contribution in [3.05, 3.63) is 68.7 Å². The third-order valence-electron chi connectivity index (χ3n) is 6.22. The van der Waals surface area contributed by atoms with Crippen LogP contribution in [0.15, 0.2) is 42.5 Å². The van der Waals surface area contributed by atoms with Crippen LogP contribution in [-0.4, -0.2) is 53.2 Å². The zero-order valence-corrected chi connectivity index (χ0v) is 20.4. The van der Waals surface area contributed by atoms with Crippen molar-refractivity contribution < 1.29 is 14.5 Å². The molecule has 182 valence electrons. The standard InChI is InChI=1S/C25H31ClN4O4/c1-3-4-13-28(2)24(31)18-11-14-29(15-12-18)25(32)19-9-10-22(23(16-19)30(33)34)27-17-20-7-5-6-8-21(20)26/h5-10,16,18,27H,3-4,11-15,17H2,1-2H3. The van der Waals surface area contributed by atoms with E-state index in [2.05, 4.69) is 12.2 Å². The van der Waals surface area contributed by atoms with Gasteiger partial charge in [-0.2, -0.15) is 0 Å². The first-order chi connectivity index (χ1) is 16.3. The Hall–Kier alpha value is -3.13. The number of amides is 2. The molecule has 3 rings (SSSR count). The maximum Gasteiger partial charge on any atom is 0.293 e. The number of likely N-dealkylation sites (tertiary alicyclic amines) is 1. The summed E-state index contributed by atoms with van der Waals surface area (Å²) in [4.78, 5) is 40.3. The molecule has 0 aliphatic carbocycles. The lowest BCUT2D eigenvalue weighted by Crippen LogP contribution is -2.43. The number of piperidine rings is 1. The smallest absolute Gasteiger partial charge is 0.293 e. The van der Waals surface area contributed by atoms with Crippen LogP contribution in [0.2, 0.25) is 5.02 Å². The molecule has 1 N–H and O–H groups in total. The third-order valence-corrected chi connectivity index (χ3v) is 6.59. The molecule has 0 bridgehead atoms. The Bertz CT molecular complexity index is 1040. The van der Waals surface area contributed by atoms with Gasteiger partial charge in [-0.1, -0.05) is 43.1 Å². The molecule has 1 aliphatic rings. The van der Waals surface area contributed by atoms with Crippen LogP contribution < -0.4 is 5.32 Å². The molecule has 0 atom stereocenters. The first kappa shape index (κ1) is 25.5. The molecule has 0 unspecified atom stereocenters. The number of hydrogen-bond acceptors (Lipinski definition) is 5. The van der Waals surface area contributed by atoms with Gasteiger partial charge in [0.2, 0.25) is 5.91 Å². The minimum Gasteiger partial charge on any atom is -0.375 e. The van der Waals surface area contributed by atoms with Gasteiger partial charge in [0, 0.05) is 55.8 Å². The van der Waals surface area contributed by atoms with Crippen molar-refractivity contribution in [3.8, 4) is 0 Å². The lowest BCUT2D eigenvalue weighted by atomic mass is 9.94. The van der Waals surface area contributed by atoms with Crippen LogP contribution in [0.25, 0.3) is 0 Å². The molecule has 0 radical (unpaired) electrons. The topological polar surface area (TPSA) is 95.8 Å². The van der Waals surface area contributed by atoms with E-state index in [1.165, 1.54) is 6.07 Å². The molecule has 2 aromatic carbocycles. The summed E-state index contributed by atoms with van der Waals surface area (Å²) in [5, 5.41) is 15.3. The zero-order chi connectivity index (χ0) is 24.7. The fourth-order valence-corrected chi connectivity index (χ4v) is 4.33. The van der Waals surface area contributed by atoms with Crippen molar-refractivity contribution in [2.75, 3.05) is 32.0 Å². The summed E-state index contributed by atoms with van der Waals surface area (Å²) in [6, 6.07) is 11.7. The molecule has 0 aromatic heterocycles. The summed E-state index contributed by atoms with van der Waals surface area (Å²) in [7, 11) is 1.83. The maximum absolute atomic E-state index is 13.0. The monoisotopic (exact) mass is 486 g/mol. The number of halogens is 1. The summed E-state index contributed by atoms with van der Waals surface area (Å²) in [6.07, 6.45) is 3.20. The Kier molecular flexibility index (Phi) is 8.87. The minimum atomic E-state index is -0.497. The van der Waals surface area contributed by atoms with E-state index in [1.807, 2.05) is 25.2 Å². The van der Waals surface area contributed by atoms with E-state index in [9.17, 15) is 19.7 Å².